The predicted octanol–water partition coefficient (Wildman–Crippen LogP) is 14.9. The molecule has 5 unspecified atom stereocenters. The van der Waals surface area contributed by atoms with Gasteiger partial charge in [-0.25, -0.2) is 28.0 Å². The van der Waals surface area contributed by atoms with Crippen molar-refractivity contribution in [3.05, 3.63) is 141 Å². The number of anilines is 2. The topological polar surface area (TPSA) is 293 Å². The van der Waals surface area contributed by atoms with Crippen LogP contribution in [0.2, 0.25) is 10.0 Å². The first kappa shape index (κ1) is 69.3. The first-order valence-corrected chi connectivity index (χ1v) is 35.0. The number of benzene rings is 3. The summed E-state index contributed by atoms with van der Waals surface area (Å²) in [6.07, 6.45) is 14.2. The number of rotatable bonds is 32. The molecule has 504 valence electrons. The molecular weight excluding hydrogens is 1280 g/mol. The Bertz CT molecular complexity index is 3850. The Morgan fingerprint density at radius 3 is 1.55 bits per heavy atom. The number of phosphoric acid groups is 1. The van der Waals surface area contributed by atoms with Crippen molar-refractivity contribution in [2.75, 3.05) is 18.1 Å². The summed E-state index contributed by atoms with van der Waals surface area (Å²) in [6, 6.07) is 27.3. The van der Waals surface area contributed by atoms with E-state index in [4.69, 9.17) is 81.4 Å². The molecule has 8 heterocycles. The zero-order valence-corrected chi connectivity index (χ0v) is 56.5. The number of phosphoric ester groups is 1. The Labute approximate surface area is 562 Å². The van der Waals surface area contributed by atoms with Gasteiger partial charge in [-0.2, -0.15) is 26.0 Å². The number of unbranched alkanes of at least 4 members (excludes halogenated alkanes) is 14. The summed E-state index contributed by atoms with van der Waals surface area (Å²) in [7, 11) is -5.02. The second-order valence-electron chi connectivity index (χ2n) is 25.9. The summed E-state index contributed by atoms with van der Waals surface area (Å²) in [6.45, 7) is 8.73. The summed E-state index contributed by atoms with van der Waals surface area (Å²) in [5.74, 6) is -2.72. The molecule has 0 radical (unpaired) electrons. The molecule has 4 saturated heterocycles. The minimum Gasteiger partial charge on any atom is -0.393 e. The van der Waals surface area contributed by atoms with Gasteiger partial charge in [0.25, 0.3) is 0 Å². The van der Waals surface area contributed by atoms with Crippen LogP contribution in [0.15, 0.2) is 91.5 Å². The van der Waals surface area contributed by atoms with Gasteiger partial charge in [-0.15, -0.1) is 0 Å². The summed E-state index contributed by atoms with van der Waals surface area (Å²) >= 11 is 14.7. The Morgan fingerprint density at radius 2 is 1.09 bits per heavy atom. The van der Waals surface area contributed by atoms with Gasteiger partial charge < -0.3 is 53.7 Å². The summed E-state index contributed by atoms with van der Waals surface area (Å²) < 4.78 is 99.2. The minimum atomic E-state index is -5.02. The van der Waals surface area contributed by atoms with E-state index in [0.717, 1.165) is 31.7 Å². The van der Waals surface area contributed by atoms with Crippen LogP contribution in [0, 0.1) is 39.8 Å². The van der Waals surface area contributed by atoms with Crippen molar-refractivity contribution in [2.45, 2.75) is 222 Å². The third-order valence-electron chi connectivity index (χ3n) is 18.0. The lowest BCUT2D eigenvalue weighted by Gasteiger charge is -2.30. The Morgan fingerprint density at radius 1 is 0.632 bits per heavy atom. The quantitative estimate of drug-likeness (QED) is 0.0292. The van der Waals surface area contributed by atoms with Crippen LogP contribution in [0.3, 0.4) is 0 Å². The van der Waals surface area contributed by atoms with Crippen molar-refractivity contribution in [1.82, 2.24) is 29.2 Å². The van der Waals surface area contributed by atoms with E-state index in [-0.39, 0.29) is 64.8 Å². The molecule has 0 bridgehead atoms. The standard InChI is InChI=1S/C69H81Cl2FN11O11P/c1-6-7-8-9-10-11-12-13-14-15-16-17-18-19-20-25-49(85-38-45-32-44(37-73)33-48(72)34-45)39-86-95(84,93-54-26-21-23-46(56(54)70)35-68(40-74)62-60(87-66(2,3)91-62)58(89-68)50-28-30-52-64(76)78-42-80-82(50)52)94-55-27-22-24-47(57(55)71)36-69(41-75)63-61(88-67(4,5)92-63)59(90-69)51-29-31-53-65(77)79-43-81-83(51)53/h21-24,26-34,42-43,49,58-63H,6-20,25,35-36,38-39H2,1-5H3,(H2,76,78,80)(H2,77,79,81)/t49?,58-,59-,60?,61?,62?,63?,68+,69+,95?/m0/s1. The van der Waals surface area contributed by atoms with Gasteiger partial charge in [0.1, 0.15) is 78.3 Å². The lowest BCUT2D eigenvalue weighted by atomic mass is 9.88. The van der Waals surface area contributed by atoms with Gasteiger partial charge in [0.05, 0.1) is 52.4 Å². The van der Waals surface area contributed by atoms with Gasteiger partial charge in [-0.3, -0.25) is 4.52 Å². The van der Waals surface area contributed by atoms with Crippen molar-refractivity contribution in [2.24, 2.45) is 0 Å². The second-order valence-corrected chi connectivity index (χ2v) is 28.2. The molecule has 26 heteroatoms. The molecule has 0 amide bonds. The van der Waals surface area contributed by atoms with Gasteiger partial charge in [0, 0.05) is 12.8 Å². The number of halogens is 3. The lowest BCUT2D eigenvalue weighted by Crippen LogP contribution is -2.44. The fourth-order valence-corrected chi connectivity index (χ4v) is 15.2. The highest BCUT2D eigenvalue weighted by molar-refractivity contribution is 7.49. The molecule has 4 aliphatic rings. The van der Waals surface area contributed by atoms with E-state index in [1.165, 1.54) is 101 Å². The van der Waals surface area contributed by atoms with Gasteiger partial charge in [0.15, 0.2) is 45.9 Å². The molecular formula is C69H81Cl2FN11O11P. The first-order valence-electron chi connectivity index (χ1n) is 32.8. The van der Waals surface area contributed by atoms with Crippen molar-refractivity contribution in [3.63, 3.8) is 0 Å². The fraction of sp³-hybridized carbons (Fsp3) is 0.522. The van der Waals surface area contributed by atoms with Crippen LogP contribution in [-0.4, -0.2) is 89.1 Å². The predicted molar refractivity (Wildman–Crippen MR) is 351 cm³/mol. The molecule has 7 aromatic rings. The maximum atomic E-state index is 16.0. The van der Waals surface area contributed by atoms with Crippen molar-refractivity contribution in [1.29, 1.82) is 15.8 Å². The van der Waals surface area contributed by atoms with Crippen LogP contribution in [0.25, 0.3) is 11.0 Å². The average Bonchev–Trinajstić information content (AvgIpc) is 1.57. The molecule has 4 aliphatic heterocycles. The molecule has 95 heavy (non-hydrogen) atoms. The average molecular weight is 1360 g/mol. The molecule has 0 saturated carbocycles. The molecule has 4 N–H and O–H groups in total. The van der Waals surface area contributed by atoms with Crippen LogP contribution in [0.4, 0.5) is 16.0 Å². The van der Waals surface area contributed by atoms with Crippen LogP contribution >= 0.6 is 31.0 Å². The molecule has 4 aromatic heterocycles. The highest BCUT2D eigenvalue weighted by Gasteiger charge is 2.66. The lowest BCUT2D eigenvalue weighted by molar-refractivity contribution is -0.200. The van der Waals surface area contributed by atoms with Gasteiger partial charge in [-0.1, -0.05) is 151 Å². The van der Waals surface area contributed by atoms with Crippen molar-refractivity contribution in [3.8, 4) is 29.7 Å². The van der Waals surface area contributed by atoms with E-state index < -0.39 is 79.1 Å². The van der Waals surface area contributed by atoms with E-state index in [1.807, 2.05) is 6.07 Å². The van der Waals surface area contributed by atoms with Crippen LogP contribution in [0.5, 0.6) is 11.5 Å². The molecule has 22 nitrogen and oxygen atoms in total. The van der Waals surface area contributed by atoms with Gasteiger partial charge >= 0.3 is 7.82 Å². The highest BCUT2D eigenvalue weighted by Crippen LogP contribution is 2.57. The van der Waals surface area contributed by atoms with Gasteiger partial charge in [-0.05, 0) is 105 Å². The van der Waals surface area contributed by atoms with Crippen molar-refractivity contribution < 1.29 is 55.7 Å². The number of hydrogen-bond donors (Lipinski definition) is 2. The zero-order chi connectivity index (χ0) is 67.1. The third kappa shape index (κ3) is 15.6. The maximum absolute atomic E-state index is 16.0. The third-order valence-corrected chi connectivity index (χ3v) is 20.1. The van der Waals surface area contributed by atoms with E-state index in [9.17, 15) is 20.2 Å². The van der Waals surface area contributed by atoms with E-state index >= 15 is 4.57 Å². The monoisotopic (exact) mass is 1360 g/mol. The number of nitrogens with zero attached hydrogens (tertiary/aromatic N) is 9. The van der Waals surface area contributed by atoms with Gasteiger partial charge in [0.2, 0.25) is 0 Å². The van der Waals surface area contributed by atoms with Crippen LogP contribution < -0.4 is 20.5 Å². The van der Waals surface area contributed by atoms with E-state index in [1.54, 1.807) is 85.3 Å². The van der Waals surface area contributed by atoms with Crippen LogP contribution in [-0.2, 0) is 61.7 Å². The normalized spacial score (nSPS) is 24.2. The maximum Gasteiger partial charge on any atom is 0.587 e. The second kappa shape index (κ2) is 29.8. The molecule has 0 spiro atoms. The molecule has 3 aromatic carbocycles. The molecule has 9 atom stereocenters. The van der Waals surface area contributed by atoms with E-state index in [2.05, 4.69) is 39.2 Å². The smallest absolute Gasteiger partial charge is 0.393 e. The van der Waals surface area contributed by atoms with Crippen molar-refractivity contribution >= 4 is 53.7 Å². The fourth-order valence-electron chi connectivity index (χ4n) is 13.4. The Hall–Kier alpha value is -7.01. The number of aromatic nitrogens is 6. The minimum absolute atomic E-state index is 0.0695. The summed E-state index contributed by atoms with van der Waals surface area (Å²) in [5.41, 5.74) is 12.3. The number of ether oxygens (including phenoxy) is 7. The number of fused-ring (bicyclic) bond motifs is 4. The number of nitrogen functional groups attached to an aromatic ring is 2. The van der Waals surface area contributed by atoms with E-state index in [0.29, 0.717) is 52.0 Å². The number of nitriles is 3. The first-order chi connectivity index (χ1) is 45.7. The van der Waals surface area contributed by atoms with Crippen LogP contribution in [0.1, 0.15) is 183 Å². The molecule has 0 aliphatic carbocycles. The SMILES string of the molecule is CCCCCCCCCCCCCCCCCC(COP(=O)(Oc1cccc(C[C@]2(C#N)O[C@@H](c3ccc4c(N)ncnn34)C3OC(C)(C)OC32)c1Cl)Oc1cccc(C[C@]2(C#N)O[C@@H](c3ccc4c(N)ncnn34)C3OC(C)(C)OC32)c1Cl)OCc1cc(F)cc(C#N)c1. The summed E-state index contributed by atoms with van der Waals surface area (Å²) in [5, 5.41) is 40.9. The largest absolute Gasteiger partial charge is 0.587 e. The Kier molecular flexibility index (Phi) is 21.7. The number of nitrogens with two attached hydrogens (primary N) is 2. The summed E-state index contributed by atoms with van der Waals surface area (Å²) in [4.78, 5) is 8.25. The number of hydrogen-bond acceptors (Lipinski definition) is 20. The molecule has 11 rings (SSSR count). The molecule has 4 fully saturated rings. The zero-order valence-electron chi connectivity index (χ0n) is 54.1. The Balaban J connectivity index is 0.868. The highest BCUT2D eigenvalue weighted by atomic mass is 35.5.